The van der Waals surface area contributed by atoms with Crippen molar-refractivity contribution in [1.82, 2.24) is 5.32 Å². The topological polar surface area (TPSA) is 80.6 Å². The fourth-order valence-electron chi connectivity index (χ4n) is 3.01. The summed E-state index contributed by atoms with van der Waals surface area (Å²) < 4.78 is 10.9. The Balaban J connectivity index is 1.71. The zero-order valence-corrected chi connectivity index (χ0v) is 15.6. The first-order chi connectivity index (χ1) is 13.0. The number of furan rings is 1. The summed E-state index contributed by atoms with van der Waals surface area (Å²) in [6.45, 7) is 3.93. The third-order valence-corrected chi connectivity index (χ3v) is 4.35. The highest BCUT2D eigenvalue weighted by Crippen LogP contribution is 2.26. The van der Waals surface area contributed by atoms with Crippen LogP contribution in [-0.2, 0) is 16.1 Å². The van der Waals surface area contributed by atoms with E-state index in [2.05, 4.69) is 10.6 Å². The fourth-order valence-corrected chi connectivity index (χ4v) is 3.01. The van der Waals surface area contributed by atoms with E-state index in [4.69, 9.17) is 9.15 Å². The first-order valence-electron chi connectivity index (χ1n) is 8.65. The second-order valence-electron chi connectivity index (χ2n) is 6.34. The number of hydrogen-bond donors (Lipinski definition) is 2. The molecule has 3 aromatic rings. The molecule has 140 valence electrons. The summed E-state index contributed by atoms with van der Waals surface area (Å²) >= 11 is 0. The molecule has 0 saturated heterocycles. The van der Waals surface area contributed by atoms with Crippen molar-refractivity contribution in [3.63, 3.8) is 0 Å². The van der Waals surface area contributed by atoms with Crippen molar-refractivity contribution in [3.05, 3.63) is 64.9 Å². The summed E-state index contributed by atoms with van der Waals surface area (Å²) in [6, 6.07) is 13.1. The van der Waals surface area contributed by atoms with Crippen LogP contribution in [0.15, 0.2) is 46.9 Å². The summed E-state index contributed by atoms with van der Waals surface area (Å²) in [5.74, 6) is -0.585. The highest BCUT2D eigenvalue weighted by molar-refractivity contribution is 6.02. The molecule has 3 rings (SSSR count). The van der Waals surface area contributed by atoms with Crippen LogP contribution in [0.3, 0.4) is 0 Å². The molecule has 0 atom stereocenters. The number of rotatable bonds is 6. The number of hydrogen-bond acceptors (Lipinski definition) is 4. The number of fused-ring (bicyclic) bond motifs is 1. The molecule has 27 heavy (non-hydrogen) atoms. The second-order valence-corrected chi connectivity index (χ2v) is 6.34. The first-order valence-corrected chi connectivity index (χ1v) is 8.65. The summed E-state index contributed by atoms with van der Waals surface area (Å²) in [7, 11) is 1.56. The Bertz CT molecular complexity index is 971. The molecule has 1 heterocycles. The number of carbonyl (C=O) groups is 2. The zero-order valence-electron chi connectivity index (χ0n) is 15.6. The molecule has 0 spiro atoms. The van der Waals surface area contributed by atoms with E-state index in [9.17, 15) is 9.59 Å². The van der Waals surface area contributed by atoms with Gasteiger partial charge in [-0.05, 0) is 31.0 Å². The number of benzene rings is 2. The average Bonchev–Trinajstić information content (AvgIpc) is 3.02. The maximum atomic E-state index is 12.6. The van der Waals surface area contributed by atoms with Crippen molar-refractivity contribution < 1.29 is 18.7 Å². The van der Waals surface area contributed by atoms with Crippen molar-refractivity contribution in [2.24, 2.45) is 0 Å². The van der Waals surface area contributed by atoms with Gasteiger partial charge in [0.2, 0.25) is 5.91 Å². The van der Waals surface area contributed by atoms with Crippen molar-refractivity contribution in [3.8, 4) is 0 Å². The standard InChI is InChI=1S/C21H22N2O4/c1-13-7-6-8-14(2)19(13)23-18(24)11-22-21(25)20-16(12-26-3)15-9-4-5-10-17(15)27-20/h4-10H,11-12H2,1-3H3,(H,22,25)(H,23,24). The fraction of sp³-hybridized carbons (Fsp3) is 0.238. The Morgan fingerprint density at radius 3 is 2.44 bits per heavy atom. The largest absolute Gasteiger partial charge is 0.451 e. The van der Waals surface area contributed by atoms with Crippen LogP contribution in [0.5, 0.6) is 0 Å². The number of aryl methyl sites for hydroxylation is 2. The predicted octanol–water partition coefficient (Wildman–Crippen LogP) is 3.56. The van der Waals surface area contributed by atoms with E-state index in [1.165, 1.54) is 0 Å². The third kappa shape index (κ3) is 4.01. The molecule has 0 bridgehead atoms. The second kappa shape index (κ2) is 8.05. The Morgan fingerprint density at radius 2 is 1.74 bits per heavy atom. The van der Waals surface area contributed by atoms with Crippen LogP contribution in [0.2, 0.25) is 0 Å². The lowest BCUT2D eigenvalue weighted by atomic mass is 10.1. The summed E-state index contributed by atoms with van der Waals surface area (Å²) in [6.07, 6.45) is 0. The molecular weight excluding hydrogens is 344 g/mol. The van der Waals surface area contributed by atoms with E-state index >= 15 is 0 Å². The molecule has 2 amide bonds. The smallest absolute Gasteiger partial charge is 0.287 e. The van der Waals surface area contributed by atoms with Gasteiger partial charge in [-0.25, -0.2) is 0 Å². The van der Waals surface area contributed by atoms with Crippen LogP contribution in [0.1, 0.15) is 27.2 Å². The van der Waals surface area contributed by atoms with E-state index in [1.807, 2.05) is 50.2 Å². The Hall–Kier alpha value is -3.12. The van der Waals surface area contributed by atoms with E-state index < -0.39 is 5.91 Å². The van der Waals surface area contributed by atoms with Crippen molar-refractivity contribution >= 4 is 28.5 Å². The minimum atomic E-state index is -0.449. The summed E-state index contributed by atoms with van der Waals surface area (Å²) in [5.41, 5.74) is 3.97. The van der Waals surface area contributed by atoms with Crippen LogP contribution in [0.25, 0.3) is 11.0 Å². The SMILES string of the molecule is COCc1c(C(=O)NCC(=O)Nc2c(C)cccc2C)oc2ccccc12. The van der Waals surface area contributed by atoms with Gasteiger partial charge >= 0.3 is 0 Å². The van der Waals surface area contributed by atoms with Crippen LogP contribution >= 0.6 is 0 Å². The van der Waals surface area contributed by atoms with Gasteiger partial charge in [-0.1, -0.05) is 36.4 Å². The number of para-hydroxylation sites is 2. The minimum absolute atomic E-state index is 0.157. The van der Waals surface area contributed by atoms with Gasteiger partial charge in [-0.3, -0.25) is 9.59 Å². The van der Waals surface area contributed by atoms with Crippen molar-refractivity contribution in [1.29, 1.82) is 0 Å². The monoisotopic (exact) mass is 366 g/mol. The molecule has 0 aliphatic carbocycles. The number of ether oxygens (including phenoxy) is 1. The van der Waals surface area contributed by atoms with E-state index in [0.717, 1.165) is 22.2 Å². The quantitative estimate of drug-likeness (QED) is 0.699. The van der Waals surface area contributed by atoms with Gasteiger partial charge in [0.15, 0.2) is 5.76 Å². The maximum absolute atomic E-state index is 12.6. The minimum Gasteiger partial charge on any atom is -0.451 e. The molecule has 0 unspecified atom stereocenters. The predicted molar refractivity (Wildman–Crippen MR) is 104 cm³/mol. The normalized spacial score (nSPS) is 10.8. The highest BCUT2D eigenvalue weighted by Gasteiger charge is 2.21. The molecule has 0 radical (unpaired) electrons. The average molecular weight is 366 g/mol. The zero-order chi connectivity index (χ0) is 19.4. The van der Waals surface area contributed by atoms with E-state index in [0.29, 0.717) is 11.1 Å². The van der Waals surface area contributed by atoms with Crippen LogP contribution in [0, 0.1) is 13.8 Å². The molecule has 0 aliphatic heterocycles. The lowest BCUT2D eigenvalue weighted by Crippen LogP contribution is -2.33. The molecular formula is C21H22N2O4. The summed E-state index contributed by atoms with van der Waals surface area (Å²) in [4.78, 5) is 24.8. The molecule has 2 aromatic carbocycles. The molecule has 0 fully saturated rings. The van der Waals surface area contributed by atoms with Crippen LogP contribution < -0.4 is 10.6 Å². The molecule has 6 heteroatoms. The van der Waals surface area contributed by atoms with Crippen molar-refractivity contribution in [2.75, 3.05) is 19.0 Å². The van der Waals surface area contributed by atoms with Gasteiger partial charge < -0.3 is 19.8 Å². The van der Waals surface area contributed by atoms with Crippen molar-refractivity contribution in [2.45, 2.75) is 20.5 Å². The number of methoxy groups -OCH3 is 1. The van der Waals surface area contributed by atoms with E-state index in [1.54, 1.807) is 13.2 Å². The number of nitrogens with one attached hydrogen (secondary N) is 2. The molecule has 0 aliphatic rings. The van der Waals surface area contributed by atoms with Gasteiger partial charge in [0.1, 0.15) is 5.58 Å². The Morgan fingerprint density at radius 1 is 1.04 bits per heavy atom. The van der Waals surface area contributed by atoms with Gasteiger partial charge in [0.25, 0.3) is 5.91 Å². The van der Waals surface area contributed by atoms with Gasteiger partial charge in [0.05, 0.1) is 13.2 Å². The molecule has 0 saturated carbocycles. The van der Waals surface area contributed by atoms with Gasteiger partial charge in [0, 0.05) is 23.7 Å². The molecule has 2 N–H and O–H groups in total. The third-order valence-electron chi connectivity index (χ3n) is 4.35. The summed E-state index contributed by atoms with van der Waals surface area (Å²) in [5, 5.41) is 6.28. The first kappa shape index (κ1) is 18.7. The molecule has 1 aromatic heterocycles. The van der Waals surface area contributed by atoms with E-state index in [-0.39, 0.29) is 24.8 Å². The highest BCUT2D eigenvalue weighted by atomic mass is 16.5. The van der Waals surface area contributed by atoms with Crippen LogP contribution in [-0.4, -0.2) is 25.5 Å². The molecule has 6 nitrogen and oxygen atoms in total. The van der Waals surface area contributed by atoms with Gasteiger partial charge in [-0.15, -0.1) is 0 Å². The van der Waals surface area contributed by atoms with Crippen LogP contribution in [0.4, 0.5) is 5.69 Å². The number of amides is 2. The number of carbonyl (C=O) groups excluding carboxylic acids is 2. The lowest BCUT2D eigenvalue weighted by Gasteiger charge is -2.11. The maximum Gasteiger partial charge on any atom is 0.287 e. The Kier molecular flexibility index (Phi) is 5.57. The number of anilines is 1. The lowest BCUT2D eigenvalue weighted by molar-refractivity contribution is -0.115. The van der Waals surface area contributed by atoms with Gasteiger partial charge in [-0.2, -0.15) is 0 Å². The Labute approximate surface area is 157 Å².